The summed E-state index contributed by atoms with van der Waals surface area (Å²) in [6.07, 6.45) is 7.04. The van der Waals surface area contributed by atoms with E-state index in [1.165, 1.54) is 0 Å². The van der Waals surface area contributed by atoms with Gasteiger partial charge in [0.05, 0.1) is 18.6 Å². The van der Waals surface area contributed by atoms with Gasteiger partial charge in [-0.2, -0.15) is 0 Å². The number of piperidine rings is 1. The minimum Gasteiger partial charge on any atom is -0.373 e. The smallest absolute Gasteiger partial charge is 0.227 e. The van der Waals surface area contributed by atoms with Gasteiger partial charge < -0.3 is 14.5 Å². The molecule has 4 heterocycles. The first-order valence-corrected chi connectivity index (χ1v) is 9.87. The third kappa shape index (κ3) is 3.92. The van der Waals surface area contributed by atoms with Crippen molar-refractivity contribution in [2.45, 2.75) is 37.3 Å². The SMILES string of the molecule is CN1CCN(C2COC3(CCN(C(=O)Cc4cccnc4)CC3)C2)CC1. The van der Waals surface area contributed by atoms with Gasteiger partial charge in [-0.1, -0.05) is 6.07 Å². The number of likely N-dealkylation sites (N-methyl/N-ethyl adjacent to an activating group) is 1. The average molecular weight is 358 g/mol. The van der Waals surface area contributed by atoms with Crippen molar-refractivity contribution in [2.24, 2.45) is 0 Å². The van der Waals surface area contributed by atoms with Crippen molar-refractivity contribution in [3.05, 3.63) is 30.1 Å². The molecule has 1 aromatic rings. The summed E-state index contributed by atoms with van der Waals surface area (Å²) in [5.41, 5.74) is 0.990. The molecule has 3 fully saturated rings. The maximum atomic E-state index is 12.6. The summed E-state index contributed by atoms with van der Waals surface area (Å²) < 4.78 is 6.32. The van der Waals surface area contributed by atoms with E-state index in [9.17, 15) is 4.79 Å². The van der Waals surface area contributed by atoms with E-state index < -0.39 is 0 Å². The summed E-state index contributed by atoms with van der Waals surface area (Å²) in [5, 5.41) is 0. The number of carbonyl (C=O) groups is 1. The van der Waals surface area contributed by atoms with Gasteiger partial charge in [-0.05, 0) is 37.9 Å². The average Bonchev–Trinajstić information content (AvgIpc) is 3.07. The van der Waals surface area contributed by atoms with Crippen LogP contribution in [-0.2, 0) is 16.0 Å². The summed E-state index contributed by atoms with van der Waals surface area (Å²) in [5.74, 6) is 0.210. The molecule has 1 aromatic heterocycles. The minimum atomic E-state index is -0.000895. The third-order valence-electron chi connectivity index (χ3n) is 6.35. The second-order valence-electron chi connectivity index (χ2n) is 8.11. The van der Waals surface area contributed by atoms with Crippen molar-refractivity contribution in [1.82, 2.24) is 19.7 Å². The second kappa shape index (κ2) is 7.62. The van der Waals surface area contributed by atoms with Crippen molar-refractivity contribution in [1.29, 1.82) is 0 Å². The van der Waals surface area contributed by atoms with Gasteiger partial charge >= 0.3 is 0 Å². The van der Waals surface area contributed by atoms with Crippen LogP contribution in [0.5, 0.6) is 0 Å². The lowest BCUT2D eigenvalue weighted by molar-refractivity contribution is -0.135. The topological polar surface area (TPSA) is 48.9 Å². The van der Waals surface area contributed by atoms with Crippen molar-refractivity contribution >= 4 is 5.91 Å². The monoisotopic (exact) mass is 358 g/mol. The molecule has 1 atom stereocenters. The zero-order chi connectivity index (χ0) is 18.0. The van der Waals surface area contributed by atoms with Crippen LogP contribution in [-0.4, -0.2) is 90.2 Å². The van der Waals surface area contributed by atoms with Gasteiger partial charge in [-0.15, -0.1) is 0 Å². The Morgan fingerprint density at radius 2 is 2.00 bits per heavy atom. The van der Waals surface area contributed by atoms with Crippen molar-refractivity contribution < 1.29 is 9.53 Å². The van der Waals surface area contributed by atoms with Gasteiger partial charge in [0.15, 0.2) is 0 Å². The minimum absolute atomic E-state index is 0.000895. The molecule has 3 saturated heterocycles. The fraction of sp³-hybridized carbons (Fsp3) is 0.700. The van der Waals surface area contributed by atoms with E-state index in [1.807, 2.05) is 17.0 Å². The summed E-state index contributed by atoms with van der Waals surface area (Å²) in [4.78, 5) is 23.7. The summed E-state index contributed by atoms with van der Waals surface area (Å²) in [6, 6.07) is 4.41. The Morgan fingerprint density at radius 3 is 2.69 bits per heavy atom. The molecule has 6 nitrogen and oxygen atoms in total. The number of likely N-dealkylation sites (tertiary alicyclic amines) is 1. The predicted molar refractivity (Wildman–Crippen MR) is 99.9 cm³/mol. The van der Waals surface area contributed by atoms with E-state index >= 15 is 0 Å². The van der Waals surface area contributed by atoms with Crippen molar-refractivity contribution in [3.8, 4) is 0 Å². The third-order valence-corrected chi connectivity index (χ3v) is 6.35. The van der Waals surface area contributed by atoms with E-state index in [1.54, 1.807) is 12.4 Å². The van der Waals surface area contributed by atoms with Crippen LogP contribution in [0.15, 0.2) is 24.5 Å². The first-order chi connectivity index (χ1) is 12.6. The second-order valence-corrected chi connectivity index (χ2v) is 8.11. The molecule has 6 heteroatoms. The van der Waals surface area contributed by atoms with E-state index in [0.717, 1.165) is 70.7 Å². The van der Waals surface area contributed by atoms with Gasteiger partial charge in [0.25, 0.3) is 0 Å². The number of rotatable bonds is 3. The summed E-state index contributed by atoms with van der Waals surface area (Å²) in [7, 11) is 2.20. The maximum absolute atomic E-state index is 12.6. The van der Waals surface area contributed by atoms with Crippen LogP contribution < -0.4 is 0 Å². The zero-order valence-electron chi connectivity index (χ0n) is 15.8. The van der Waals surface area contributed by atoms with E-state index in [4.69, 9.17) is 4.74 Å². The lowest BCUT2D eigenvalue weighted by Crippen LogP contribution is -2.50. The molecular weight excluding hydrogens is 328 g/mol. The molecule has 0 N–H and O–H groups in total. The Morgan fingerprint density at radius 1 is 1.23 bits per heavy atom. The normalized spacial score (nSPS) is 27.1. The highest BCUT2D eigenvalue weighted by Crippen LogP contribution is 2.38. The predicted octanol–water partition coefficient (Wildman–Crippen LogP) is 1.02. The van der Waals surface area contributed by atoms with Crippen LogP contribution in [0, 0.1) is 0 Å². The quantitative estimate of drug-likeness (QED) is 0.808. The molecule has 4 rings (SSSR count). The Kier molecular flexibility index (Phi) is 5.25. The first-order valence-electron chi connectivity index (χ1n) is 9.87. The molecule has 0 bridgehead atoms. The molecule has 0 aliphatic carbocycles. The van der Waals surface area contributed by atoms with E-state index in [-0.39, 0.29) is 11.5 Å². The van der Waals surface area contributed by atoms with Gasteiger partial charge in [0, 0.05) is 57.7 Å². The van der Waals surface area contributed by atoms with Crippen molar-refractivity contribution in [2.75, 3.05) is 52.9 Å². The number of nitrogens with zero attached hydrogens (tertiary/aromatic N) is 4. The Balaban J connectivity index is 1.27. The Hall–Kier alpha value is -1.50. The first kappa shape index (κ1) is 17.9. The molecule has 0 aromatic carbocycles. The molecule has 1 spiro atoms. The molecule has 3 aliphatic heterocycles. The molecule has 1 unspecified atom stereocenters. The summed E-state index contributed by atoms with van der Waals surface area (Å²) >= 11 is 0. The number of carbonyl (C=O) groups excluding carboxylic acids is 1. The van der Waals surface area contributed by atoms with E-state index in [2.05, 4.69) is 21.8 Å². The highest BCUT2D eigenvalue weighted by atomic mass is 16.5. The van der Waals surface area contributed by atoms with Crippen LogP contribution in [0.4, 0.5) is 0 Å². The number of aromatic nitrogens is 1. The maximum Gasteiger partial charge on any atom is 0.227 e. The van der Waals surface area contributed by atoms with Gasteiger partial charge in [-0.25, -0.2) is 0 Å². The molecule has 0 saturated carbocycles. The molecule has 3 aliphatic rings. The van der Waals surface area contributed by atoms with Gasteiger partial charge in [0.2, 0.25) is 5.91 Å². The molecule has 1 amide bonds. The highest BCUT2D eigenvalue weighted by molar-refractivity contribution is 5.78. The molecule has 0 radical (unpaired) electrons. The lowest BCUT2D eigenvalue weighted by atomic mass is 9.86. The zero-order valence-corrected chi connectivity index (χ0v) is 15.8. The number of hydrogen-bond donors (Lipinski definition) is 0. The van der Waals surface area contributed by atoms with Crippen LogP contribution >= 0.6 is 0 Å². The fourth-order valence-electron chi connectivity index (χ4n) is 4.54. The number of pyridine rings is 1. The molecular formula is C20H30N4O2. The van der Waals surface area contributed by atoms with Crippen molar-refractivity contribution in [3.63, 3.8) is 0 Å². The highest BCUT2D eigenvalue weighted by Gasteiger charge is 2.45. The standard InChI is InChI=1S/C20H30N4O2/c1-22-9-11-23(12-10-22)18-14-20(26-16-18)4-7-24(8-5-20)19(25)13-17-3-2-6-21-15-17/h2-3,6,15,18H,4-5,7-14,16H2,1H3. The van der Waals surface area contributed by atoms with Crippen LogP contribution in [0.25, 0.3) is 0 Å². The van der Waals surface area contributed by atoms with Gasteiger partial charge in [-0.3, -0.25) is 14.7 Å². The Bertz CT molecular complexity index is 607. The number of amides is 1. The largest absolute Gasteiger partial charge is 0.373 e. The number of piperazine rings is 1. The van der Waals surface area contributed by atoms with Crippen LogP contribution in [0.2, 0.25) is 0 Å². The lowest BCUT2D eigenvalue weighted by Gasteiger charge is -2.40. The van der Waals surface area contributed by atoms with E-state index in [0.29, 0.717) is 12.5 Å². The molecule has 26 heavy (non-hydrogen) atoms. The van der Waals surface area contributed by atoms with Gasteiger partial charge in [0.1, 0.15) is 0 Å². The van der Waals surface area contributed by atoms with Crippen LogP contribution in [0.3, 0.4) is 0 Å². The number of hydrogen-bond acceptors (Lipinski definition) is 5. The summed E-state index contributed by atoms with van der Waals surface area (Å²) in [6.45, 7) is 7.09. The number of ether oxygens (including phenoxy) is 1. The fourth-order valence-corrected chi connectivity index (χ4v) is 4.54. The Labute approximate surface area is 156 Å². The molecule has 142 valence electrons. The van der Waals surface area contributed by atoms with Crippen LogP contribution in [0.1, 0.15) is 24.8 Å².